The van der Waals surface area contributed by atoms with Gasteiger partial charge in [0, 0.05) is 16.8 Å². The van der Waals surface area contributed by atoms with Gasteiger partial charge in [-0.2, -0.15) is 18.3 Å². The second-order valence-electron chi connectivity index (χ2n) is 9.71. The van der Waals surface area contributed by atoms with Gasteiger partial charge in [0.05, 0.1) is 22.0 Å². The molecule has 1 amide bonds. The summed E-state index contributed by atoms with van der Waals surface area (Å²) >= 11 is 5.68. The summed E-state index contributed by atoms with van der Waals surface area (Å²) in [6.45, 7) is 3.74. The zero-order valence-electron chi connectivity index (χ0n) is 21.7. The van der Waals surface area contributed by atoms with Gasteiger partial charge in [-0.3, -0.25) is 4.79 Å². The molecule has 40 heavy (non-hydrogen) atoms. The van der Waals surface area contributed by atoms with Crippen LogP contribution in [-0.2, 0) is 6.18 Å². The van der Waals surface area contributed by atoms with Crippen molar-refractivity contribution in [1.29, 1.82) is 0 Å². The average molecular weight is 568 g/mol. The number of nitrogen functional groups attached to an aromatic ring is 1. The number of nitrogens with zero attached hydrogens (tertiary/aromatic N) is 5. The number of halogens is 4. The molecule has 1 saturated heterocycles. The lowest BCUT2D eigenvalue weighted by molar-refractivity contribution is -0.137. The number of nitrogens with one attached hydrogen (secondary N) is 1. The van der Waals surface area contributed by atoms with Crippen molar-refractivity contribution in [3.63, 3.8) is 0 Å². The molecule has 206 valence electrons. The molecule has 3 heterocycles. The fourth-order valence-electron chi connectivity index (χ4n) is 4.63. The van der Waals surface area contributed by atoms with Gasteiger partial charge in [0.2, 0.25) is 0 Å². The van der Waals surface area contributed by atoms with Crippen LogP contribution in [0.1, 0.15) is 51.6 Å². The Bertz CT molecular complexity index is 1660. The first kappa shape index (κ1) is 27.4. The van der Waals surface area contributed by atoms with Crippen molar-refractivity contribution in [3.8, 4) is 11.8 Å². The number of carbonyl (C=O) groups excluding carboxylic acids is 1. The van der Waals surface area contributed by atoms with Gasteiger partial charge in [-0.25, -0.2) is 14.6 Å². The van der Waals surface area contributed by atoms with E-state index in [1.165, 1.54) is 12.4 Å². The highest BCUT2D eigenvalue weighted by atomic mass is 35.5. The van der Waals surface area contributed by atoms with E-state index in [0.717, 1.165) is 43.6 Å². The number of aromatic nitrogens is 4. The number of benzene rings is 2. The Hall–Kier alpha value is -4.14. The minimum atomic E-state index is -4.68. The highest BCUT2D eigenvalue weighted by Crippen LogP contribution is 2.35. The standard InChI is InChI=1S/C28H25ClF3N7O/c1-16-3-6-19(36-27(40)18-4-7-22(29)21(14-18)28(30,31)32)13-17(16)5-8-23-24-25(33)34-15-35-26(24)39(37-23)20-9-11-38(2)12-10-20/h3-4,6-7,13-15,20H,9-12H2,1-2H3,(H,36,40)(H2,33,34,35). The van der Waals surface area contributed by atoms with Gasteiger partial charge >= 0.3 is 6.18 Å². The molecule has 4 aromatic rings. The third kappa shape index (κ3) is 5.59. The minimum Gasteiger partial charge on any atom is -0.383 e. The molecule has 5 rings (SSSR count). The second-order valence-corrected chi connectivity index (χ2v) is 10.1. The van der Waals surface area contributed by atoms with Crippen LogP contribution >= 0.6 is 11.6 Å². The number of hydrogen-bond acceptors (Lipinski definition) is 6. The molecule has 1 aliphatic rings. The molecule has 0 spiro atoms. The van der Waals surface area contributed by atoms with Crippen LogP contribution in [0, 0.1) is 18.8 Å². The van der Waals surface area contributed by atoms with Gasteiger partial charge < -0.3 is 16.0 Å². The summed E-state index contributed by atoms with van der Waals surface area (Å²) in [5, 5.41) is 7.49. The highest BCUT2D eigenvalue weighted by Gasteiger charge is 2.34. The number of rotatable bonds is 3. The minimum absolute atomic E-state index is 0.162. The zero-order chi connectivity index (χ0) is 28.6. The van der Waals surface area contributed by atoms with E-state index in [1.807, 2.05) is 11.6 Å². The Morgan fingerprint density at radius 3 is 2.60 bits per heavy atom. The number of aryl methyl sites for hydroxylation is 1. The van der Waals surface area contributed by atoms with Crippen LogP contribution in [0.4, 0.5) is 24.7 Å². The maximum atomic E-state index is 13.2. The molecule has 2 aromatic heterocycles. The number of carbonyl (C=O) groups is 1. The summed E-state index contributed by atoms with van der Waals surface area (Å²) in [5.74, 6) is 5.76. The van der Waals surface area contributed by atoms with E-state index >= 15 is 0 Å². The Morgan fingerprint density at radius 1 is 1.12 bits per heavy atom. The summed E-state index contributed by atoms with van der Waals surface area (Å²) in [7, 11) is 2.09. The monoisotopic (exact) mass is 567 g/mol. The quantitative estimate of drug-likeness (QED) is 0.325. The smallest absolute Gasteiger partial charge is 0.383 e. The number of amides is 1. The molecule has 0 atom stereocenters. The summed E-state index contributed by atoms with van der Waals surface area (Å²) in [6.07, 6.45) is -1.43. The number of fused-ring (bicyclic) bond motifs is 1. The summed E-state index contributed by atoms with van der Waals surface area (Å²) in [5.41, 5.74) is 7.82. The van der Waals surface area contributed by atoms with E-state index < -0.39 is 22.7 Å². The number of alkyl halides is 3. The maximum absolute atomic E-state index is 13.2. The molecule has 12 heteroatoms. The Morgan fingerprint density at radius 2 is 1.88 bits per heavy atom. The van der Waals surface area contributed by atoms with Crippen molar-refractivity contribution in [3.05, 3.63) is 75.7 Å². The van der Waals surface area contributed by atoms with Crippen LogP contribution in [0.15, 0.2) is 42.7 Å². The number of hydrogen-bond donors (Lipinski definition) is 2. The number of anilines is 2. The van der Waals surface area contributed by atoms with Crippen molar-refractivity contribution in [2.75, 3.05) is 31.2 Å². The molecule has 1 aliphatic heterocycles. The van der Waals surface area contributed by atoms with Crippen molar-refractivity contribution >= 4 is 40.0 Å². The SMILES string of the molecule is Cc1ccc(NC(=O)c2ccc(Cl)c(C(F)(F)F)c2)cc1C#Cc1nn(C2CCN(C)CC2)c2ncnc(N)c12. The molecule has 8 nitrogen and oxygen atoms in total. The van der Waals surface area contributed by atoms with Gasteiger partial charge in [0.25, 0.3) is 5.91 Å². The first-order valence-electron chi connectivity index (χ1n) is 12.5. The van der Waals surface area contributed by atoms with Crippen LogP contribution in [0.3, 0.4) is 0 Å². The first-order chi connectivity index (χ1) is 19.0. The van der Waals surface area contributed by atoms with Crippen molar-refractivity contribution < 1.29 is 18.0 Å². The fourth-order valence-corrected chi connectivity index (χ4v) is 4.85. The lowest BCUT2D eigenvalue weighted by atomic mass is 10.1. The van der Waals surface area contributed by atoms with Crippen LogP contribution in [0.5, 0.6) is 0 Å². The second kappa shape index (κ2) is 10.8. The number of nitrogens with two attached hydrogens (primary N) is 1. The van der Waals surface area contributed by atoms with Crippen LogP contribution in [0.25, 0.3) is 11.0 Å². The highest BCUT2D eigenvalue weighted by molar-refractivity contribution is 6.31. The van der Waals surface area contributed by atoms with Gasteiger partial charge in [0.1, 0.15) is 17.8 Å². The predicted octanol–water partition coefficient (Wildman–Crippen LogP) is 5.31. The maximum Gasteiger partial charge on any atom is 0.417 e. The lowest BCUT2D eigenvalue weighted by Crippen LogP contribution is -2.32. The average Bonchev–Trinajstić information content (AvgIpc) is 3.29. The van der Waals surface area contributed by atoms with Gasteiger partial charge in [-0.1, -0.05) is 23.6 Å². The lowest BCUT2D eigenvalue weighted by Gasteiger charge is -2.29. The molecule has 0 radical (unpaired) electrons. The van der Waals surface area contributed by atoms with Crippen molar-refractivity contribution in [2.45, 2.75) is 32.0 Å². The Labute approximate surface area is 233 Å². The number of piperidine rings is 1. The molecular formula is C28H25ClF3N7O. The topological polar surface area (TPSA) is 102 Å². The first-order valence-corrected chi connectivity index (χ1v) is 12.9. The van der Waals surface area contributed by atoms with E-state index in [4.69, 9.17) is 22.4 Å². The largest absolute Gasteiger partial charge is 0.417 e. The Kier molecular flexibility index (Phi) is 7.40. The molecular weight excluding hydrogens is 543 g/mol. The number of likely N-dealkylation sites (tertiary alicyclic amines) is 1. The van der Waals surface area contributed by atoms with Crippen LogP contribution in [0.2, 0.25) is 5.02 Å². The van der Waals surface area contributed by atoms with E-state index in [1.54, 1.807) is 18.2 Å². The third-order valence-corrected chi connectivity index (χ3v) is 7.23. The molecule has 0 saturated carbocycles. The van der Waals surface area contributed by atoms with Gasteiger partial charge in [-0.15, -0.1) is 0 Å². The van der Waals surface area contributed by atoms with Crippen LogP contribution < -0.4 is 11.1 Å². The van der Waals surface area contributed by atoms with Crippen LogP contribution in [-0.4, -0.2) is 50.7 Å². The molecule has 3 N–H and O–H groups in total. The zero-order valence-corrected chi connectivity index (χ0v) is 22.4. The van der Waals surface area contributed by atoms with E-state index in [-0.39, 0.29) is 17.4 Å². The van der Waals surface area contributed by atoms with Gasteiger partial charge in [0.15, 0.2) is 5.65 Å². The summed E-state index contributed by atoms with van der Waals surface area (Å²) < 4.78 is 41.6. The van der Waals surface area contributed by atoms with Crippen molar-refractivity contribution in [2.24, 2.45) is 0 Å². The normalized spacial score (nSPS) is 14.7. The summed E-state index contributed by atoms with van der Waals surface area (Å²) in [6, 6.07) is 8.23. The molecule has 2 aromatic carbocycles. The van der Waals surface area contributed by atoms with E-state index in [0.29, 0.717) is 28.0 Å². The summed E-state index contributed by atoms with van der Waals surface area (Å²) in [4.78, 5) is 23.6. The van der Waals surface area contributed by atoms with E-state index in [2.05, 4.69) is 39.1 Å². The van der Waals surface area contributed by atoms with E-state index in [9.17, 15) is 18.0 Å². The molecule has 0 unspecified atom stereocenters. The Balaban J connectivity index is 1.44. The molecule has 1 fully saturated rings. The molecule has 0 bridgehead atoms. The predicted molar refractivity (Wildman–Crippen MR) is 147 cm³/mol. The van der Waals surface area contributed by atoms with Crippen molar-refractivity contribution in [1.82, 2.24) is 24.6 Å². The van der Waals surface area contributed by atoms with Gasteiger partial charge in [-0.05, 0) is 81.7 Å². The molecule has 0 aliphatic carbocycles. The third-order valence-electron chi connectivity index (χ3n) is 6.90. The fraction of sp³-hybridized carbons (Fsp3) is 0.286.